The zero-order valence-electron chi connectivity index (χ0n) is 7.67. The lowest BCUT2D eigenvalue weighted by atomic mass is 10.2. The number of carbonyl (C=O) groups is 2. The molecule has 15 heavy (non-hydrogen) atoms. The van der Waals surface area contributed by atoms with E-state index in [0.717, 1.165) is 0 Å². The van der Waals surface area contributed by atoms with Gasteiger partial charge in [0.15, 0.2) is 6.10 Å². The second-order valence-electron chi connectivity index (χ2n) is 2.73. The van der Waals surface area contributed by atoms with Gasteiger partial charge in [0.05, 0.1) is 0 Å². The standard InChI is InChI=1S/C7H10N4O4/c12-4(7(14)15)1-2-8-6(13)5-9-3-10-11-5/h3-4,12H,1-2H2,(H,8,13)(H,14,15)(H,9,10,11)/t4-/m0/s1. The molecule has 1 rings (SSSR count). The first-order chi connectivity index (χ1) is 7.11. The Morgan fingerprint density at radius 3 is 2.87 bits per heavy atom. The Bertz CT molecular complexity index is 337. The number of aliphatic hydroxyl groups is 1. The van der Waals surface area contributed by atoms with E-state index in [1.165, 1.54) is 6.33 Å². The van der Waals surface area contributed by atoms with Crippen molar-refractivity contribution in [3.63, 3.8) is 0 Å². The summed E-state index contributed by atoms with van der Waals surface area (Å²) in [6.07, 6.45) is -0.351. The van der Waals surface area contributed by atoms with E-state index < -0.39 is 18.0 Å². The second kappa shape index (κ2) is 5.05. The largest absolute Gasteiger partial charge is 0.479 e. The average molecular weight is 214 g/mol. The van der Waals surface area contributed by atoms with Gasteiger partial charge >= 0.3 is 5.97 Å². The Balaban J connectivity index is 2.27. The lowest BCUT2D eigenvalue weighted by molar-refractivity contribution is -0.146. The normalized spacial score (nSPS) is 12.1. The molecule has 0 fully saturated rings. The zero-order valence-corrected chi connectivity index (χ0v) is 7.67. The quantitative estimate of drug-likeness (QED) is 0.466. The van der Waals surface area contributed by atoms with Crippen molar-refractivity contribution in [2.75, 3.05) is 6.54 Å². The molecule has 0 aliphatic heterocycles. The minimum absolute atomic E-state index is 0.0415. The topological polar surface area (TPSA) is 128 Å². The van der Waals surface area contributed by atoms with E-state index in [2.05, 4.69) is 20.5 Å². The van der Waals surface area contributed by atoms with E-state index in [-0.39, 0.29) is 18.8 Å². The highest BCUT2D eigenvalue weighted by molar-refractivity contribution is 5.90. The number of nitrogens with zero attached hydrogens (tertiary/aromatic N) is 2. The van der Waals surface area contributed by atoms with Crippen LogP contribution in [0.15, 0.2) is 6.33 Å². The van der Waals surface area contributed by atoms with Crippen LogP contribution in [0, 0.1) is 0 Å². The van der Waals surface area contributed by atoms with E-state index in [0.29, 0.717) is 0 Å². The van der Waals surface area contributed by atoms with Crippen molar-refractivity contribution >= 4 is 11.9 Å². The lowest BCUT2D eigenvalue weighted by Crippen LogP contribution is -2.30. The molecule has 1 amide bonds. The number of rotatable bonds is 5. The number of carbonyl (C=O) groups excluding carboxylic acids is 1. The molecule has 4 N–H and O–H groups in total. The number of carboxylic acid groups (broad SMARTS) is 1. The molecular formula is C7H10N4O4. The van der Waals surface area contributed by atoms with Crippen molar-refractivity contribution in [1.29, 1.82) is 0 Å². The van der Waals surface area contributed by atoms with Crippen LogP contribution in [0.25, 0.3) is 0 Å². The Labute approximate surface area is 84.3 Å². The predicted molar refractivity (Wildman–Crippen MR) is 47.0 cm³/mol. The van der Waals surface area contributed by atoms with Gasteiger partial charge in [0.2, 0.25) is 5.82 Å². The van der Waals surface area contributed by atoms with Crippen LogP contribution in [0.5, 0.6) is 0 Å². The van der Waals surface area contributed by atoms with Gasteiger partial charge in [-0.2, -0.15) is 5.10 Å². The van der Waals surface area contributed by atoms with Crippen LogP contribution in [-0.4, -0.2) is 49.9 Å². The monoisotopic (exact) mass is 214 g/mol. The Hall–Kier alpha value is -1.96. The maximum absolute atomic E-state index is 11.2. The van der Waals surface area contributed by atoms with Crippen molar-refractivity contribution in [2.45, 2.75) is 12.5 Å². The van der Waals surface area contributed by atoms with E-state index in [9.17, 15) is 9.59 Å². The number of aliphatic hydroxyl groups excluding tert-OH is 1. The fourth-order valence-electron chi connectivity index (χ4n) is 0.844. The number of aromatic amines is 1. The molecule has 0 aliphatic rings. The average Bonchev–Trinajstić information content (AvgIpc) is 2.70. The summed E-state index contributed by atoms with van der Waals surface area (Å²) in [7, 11) is 0. The summed E-state index contributed by atoms with van der Waals surface area (Å²) < 4.78 is 0. The third-order valence-corrected chi connectivity index (χ3v) is 1.62. The fraction of sp³-hybridized carbons (Fsp3) is 0.429. The van der Waals surface area contributed by atoms with Crippen molar-refractivity contribution in [2.24, 2.45) is 0 Å². The fourth-order valence-corrected chi connectivity index (χ4v) is 0.844. The maximum Gasteiger partial charge on any atom is 0.332 e. The summed E-state index contributed by atoms with van der Waals surface area (Å²) in [5.74, 6) is -1.77. The number of aliphatic carboxylic acids is 1. The van der Waals surface area contributed by atoms with Crippen LogP contribution in [-0.2, 0) is 4.79 Å². The van der Waals surface area contributed by atoms with Crippen molar-refractivity contribution < 1.29 is 19.8 Å². The molecule has 8 nitrogen and oxygen atoms in total. The molecule has 1 atom stereocenters. The summed E-state index contributed by atoms with van der Waals surface area (Å²) in [4.78, 5) is 25.0. The molecule has 0 saturated carbocycles. The molecule has 82 valence electrons. The van der Waals surface area contributed by atoms with Gasteiger partial charge < -0.3 is 15.5 Å². The van der Waals surface area contributed by atoms with Crippen molar-refractivity contribution in [1.82, 2.24) is 20.5 Å². The number of hydrogen-bond acceptors (Lipinski definition) is 5. The predicted octanol–water partition coefficient (Wildman–Crippen LogP) is -1.63. The SMILES string of the molecule is O=C(NCC[C@H](O)C(=O)O)c1ncn[nH]1. The second-order valence-corrected chi connectivity index (χ2v) is 2.73. The smallest absolute Gasteiger partial charge is 0.332 e. The number of hydrogen-bond donors (Lipinski definition) is 4. The minimum atomic E-state index is -1.47. The molecule has 0 saturated heterocycles. The summed E-state index contributed by atoms with van der Waals surface area (Å²) in [6, 6.07) is 0. The van der Waals surface area contributed by atoms with Crippen molar-refractivity contribution in [3.8, 4) is 0 Å². The van der Waals surface area contributed by atoms with Gasteiger partial charge in [0.1, 0.15) is 6.33 Å². The molecule has 0 unspecified atom stereocenters. The number of nitrogens with one attached hydrogen (secondary N) is 2. The van der Waals surface area contributed by atoms with E-state index in [4.69, 9.17) is 10.2 Å². The number of aromatic nitrogens is 3. The van der Waals surface area contributed by atoms with Crippen molar-refractivity contribution in [3.05, 3.63) is 12.2 Å². The van der Waals surface area contributed by atoms with Crippen LogP contribution >= 0.6 is 0 Å². The third-order valence-electron chi connectivity index (χ3n) is 1.62. The molecule has 1 heterocycles. The molecule has 0 radical (unpaired) electrons. The lowest BCUT2D eigenvalue weighted by Gasteiger charge is -2.05. The first-order valence-corrected chi connectivity index (χ1v) is 4.15. The molecule has 0 bridgehead atoms. The van der Waals surface area contributed by atoms with E-state index in [1.807, 2.05) is 0 Å². The van der Waals surface area contributed by atoms with Crippen LogP contribution in [0.4, 0.5) is 0 Å². The number of carboxylic acids is 1. The third kappa shape index (κ3) is 3.35. The van der Waals surface area contributed by atoms with Crippen LogP contribution < -0.4 is 5.32 Å². The van der Waals surface area contributed by atoms with Gasteiger partial charge in [-0.3, -0.25) is 9.89 Å². The minimum Gasteiger partial charge on any atom is -0.479 e. The van der Waals surface area contributed by atoms with Gasteiger partial charge in [0.25, 0.3) is 5.91 Å². The maximum atomic E-state index is 11.2. The van der Waals surface area contributed by atoms with E-state index >= 15 is 0 Å². The van der Waals surface area contributed by atoms with Gasteiger partial charge in [-0.05, 0) is 0 Å². The first kappa shape index (κ1) is 11.1. The highest BCUT2D eigenvalue weighted by Crippen LogP contribution is 1.91. The van der Waals surface area contributed by atoms with Crippen LogP contribution in [0.1, 0.15) is 17.0 Å². The summed E-state index contributed by atoms with van der Waals surface area (Å²) in [5, 5.41) is 25.4. The summed E-state index contributed by atoms with van der Waals surface area (Å²) in [6.45, 7) is 0.0486. The molecule has 8 heteroatoms. The molecular weight excluding hydrogens is 204 g/mol. The molecule has 1 aromatic rings. The number of amides is 1. The molecule has 1 aromatic heterocycles. The van der Waals surface area contributed by atoms with Crippen LogP contribution in [0.2, 0.25) is 0 Å². The molecule has 0 aromatic carbocycles. The van der Waals surface area contributed by atoms with Gasteiger partial charge in [0, 0.05) is 13.0 Å². The summed E-state index contributed by atoms with van der Waals surface area (Å²) >= 11 is 0. The van der Waals surface area contributed by atoms with Gasteiger partial charge in [-0.15, -0.1) is 0 Å². The Morgan fingerprint density at radius 2 is 2.33 bits per heavy atom. The Kier molecular flexibility index (Phi) is 3.75. The highest BCUT2D eigenvalue weighted by atomic mass is 16.4. The first-order valence-electron chi connectivity index (χ1n) is 4.15. The summed E-state index contributed by atoms with van der Waals surface area (Å²) in [5.41, 5.74) is 0. The van der Waals surface area contributed by atoms with Gasteiger partial charge in [-0.25, -0.2) is 9.78 Å². The van der Waals surface area contributed by atoms with Crippen LogP contribution in [0.3, 0.4) is 0 Å². The van der Waals surface area contributed by atoms with E-state index in [1.54, 1.807) is 0 Å². The van der Waals surface area contributed by atoms with Gasteiger partial charge in [-0.1, -0.05) is 0 Å². The highest BCUT2D eigenvalue weighted by Gasteiger charge is 2.14. The molecule has 0 spiro atoms. The Morgan fingerprint density at radius 1 is 1.60 bits per heavy atom. The number of H-pyrrole nitrogens is 1. The molecule has 0 aliphatic carbocycles. The zero-order chi connectivity index (χ0) is 11.3.